The average Bonchev–Trinajstić information content (AvgIpc) is 3.40. The minimum atomic E-state index is -0.365. The summed E-state index contributed by atoms with van der Waals surface area (Å²) in [4.78, 5) is 37.0. The first-order valence-electron chi connectivity index (χ1n) is 9.72. The first kappa shape index (κ1) is 19.3. The lowest BCUT2D eigenvalue weighted by Gasteiger charge is -2.21. The maximum Gasteiger partial charge on any atom is 0.228 e. The van der Waals surface area contributed by atoms with E-state index in [0.29, 0.717) is 11.6 Å². The maximum absolute atomic E-state index is 12.9. The van der Waals surface area contributed by atoms with E-state index in [4.69, 9.17) is 4.98 Å². The topological polar surface area (TPSA) is 87.2 Å². The van der Waals surface area contributed by atoms with Gasteiger partial charge >= 0.3 is 0 Å². The Kier molecular flexibility index (Phi) is 5.71. The number of carbonyl (C=O) groups excluding carboxylic acids is 2. The highest BCUT2D eigenvalue weighted by Crippen LogP contribution is 2.29. The van der Waals surface area contributed by atoms with Gasteiger partial charge in [0.05, 0.1) is 23.5 Å². The van der Waals surface area contributed by atoms with Crippen molar-refractivity contribution < 1.29 is 9.59 Å². The first-order valence-corrected chi connectivity index (χ1v) is 10.6. The zero-order valence-corrected chi connectivity index (χ0v) is 17.0. The minimum absolute atomic E-state index is 0.133. The van der Waals surface area contributed by atoms with Gasteiger partial charge in [-0.2, -0.15) is 0 Å². The quantitative estimate of drug-likeness (QED) is 0.651. The molecule has 2 N–H and O–H groups in total. The van der Waals surface area contributed by atoms with E-state index in [2.05, 4.69) is 20.5 Å². The molecule has 4 rings (SSSR count). The fraction of sp³-hybridized carbons (Fsp3) is 0.333. The Morgan fingerprint density at radius 1 is 1.10 bits per heavy atom. The van der Waals surface area contributed by atoms with Gasteiger partial charge in [0.25, 0.3) is 0 Å². The van der Waals surface area contributed by atoms with Crippen molar-refractivity contribution in [2.45, 2.75) is 32.2 Å². The van der Waals surface area contributed by atoms with Crippen LogP contribution in [0.25, 0.3) is 11.0 Å². The van der Waals surface area contributed by atoms with Crippen LogP contribution in [0.4, 0.5) is 11.6 Å². The Hall–Kier alpha value is -3.00. The molecule has 1 aliphatic heterocycles. The van der Waals surface area contributed by atoms with Crippen molar-refractivity contribution in [2.75, 3.05) is 23.3 Å². The second kappa shape index (κ2) is 8.57. The molecule has 0 radical (unpaired) electrons. The number of amides is 2. The van der Waals surface area contributed by atoms with E-state index < -0.39 is 0 Å². The van der Waals surface area contributed by atoms with E-state index in [0.717, 1.165) is 41.8 Å². The van der Waals surface area contributed by atoms with Crippen molar-refractivity contribution in [3.05, 3.63) is 46.7 Å². The molecule has 1 atom stereocenters. The number of aromatic nitrogens is 2. The summed E-state index contributed by atoms with van der Waals surface area (Å²) in [6, 6.07) is 11.1. The fourth-order valence-electron chi connectivity index (χ4n) is 3.55. The molecule has 0 saturated carbocycles. The highest BCUT2D eigenvalue weighted by Gasteiger charge is 2.23. The van der Waals surface area contributed by atoms with E-state index in [1.807, 2.05) is 41.8 Å². The summed E-state index contributed by atoms with van der Waals surface area (Å²) >= 11 is 1.52. The van der Waals surface area contributed by atoms with Crippen molar-refractivity contribution in [3.63, 3.8) is 0 Å². The van der Waals surface area contributed by atoms with Crippen molar-refractivity contribution in [1.29, 1.82) is 0 Å². The second-order valence-electron chi connectivity index (χ2n) is 7.10. The third kappa shape index (κ3) is 4.54. The summed E-state index contributed by atoms with van der Waals surface area (Å²) < 4.78 is 0. The predicted molar refractivity (Wildman–Crippen MR) is 115 cm³/mol. The van der Waals surface area contributed by atoms with Crippen molar-refractivity contribution in [3.8, 4) is 0 Å². The number of benzene rings is 1. The maximum atomic E-state index is 12.9. The molecule has 2 amide bonds. The normalized spacial score (nSPS) is 14.7. The first-order chi connectivity index (χ1) is 14.1. The number of anilines is 2. The van der Waals surface area contributed by atoms with E-state index in [1.165, 1.54) is 18.3 Å². The predicted octanol–water partition coefficient (Wildman–Crippen LogP) is 3.50. The Bertz CT molecular complexity index is 1020. The molecule has 1 saturated heterocycles. The van der Waals surface area contributed by atoms with Gasteiger partial charge in [0.1, 0.15) is 0 Å². The zero-order chi connectivity index (χ0) is 20.2. The molecule has 8 heteroatoms. The molecule has 1 unspecified atom stereocenters. The van der Waals surface area contributed by atoms with Crippen LogP contribution >= 0.6 is 11.3 Å². The Balaban J connectivity index is 1.59. The van der Waals surface area contributed by atoms with Crippen LogP contribution in [0.1, 0.15) is 37.1 Å². The number of nitrogens with one attached hydrogen (secondary N) is 2. The number of rotatable bonds is 6. The van der Waals surface area contributed by atoms with Crippen LogP contribution in [0.15, 0.2) is 41.8 Å². The Morgan fingerprint density at radius 2 is 1.83 bits per heavy atom. The lowest BCUT2D eigenvalue weighted by Crippen LogP contribution is -2.30. The van der Waals surface area contributed by atoms with Gasteiger partial charge in [-0.3, -0.25) is 9.59 Å². The van der Waals surface area contributed by atoms with E-state index in [1.54, 1.807) is 0 Å². The Labute approximate surface area is 173 Å². The van der Waals surface area contributed by atoms with Crippen LogP contribution in [0, 0.1) is 0 Å². The lowest BCUT2D eigenvalue weighted by atomic mass is 10.1. The number of fused-ring (bicyclic) bond motifs is 1. The molecule has 1 aromatic carbocycles. The highest BCUT2D eigenvalue weighted by molar-refractivity contribution is 7.10. The molecule has 150 valence electrons. The zero-order valence-electron chi connectivity index (χ0n) is 16.2. The summed E-state index contributed by atoms with van der Waals surface area (Å²) in [5, 5.41) is 7.74. The fourth-order valence-corrected chi connectivity index (χ4v) is 4.33. The largest absolute Gasteiger partial charge is 0.354 e. The SMILES string of the molecule is CC(=O)NC(CC(=O)Nc1nc2ccccc2nc1N1CCCC1)c1cccs1. The van der Waals surface area contributed by atoms with Gasteiger partial charge in [-0.25, -0.2) is 9.97 Å². The number of carbonyl (C=O) groups is 2. The average molecular weight is 410 g/mol. The van der Waals surface area contributed by atoms with Gasteiger partial charge in [0.2, 0.25) is 11.8 Å². The highest BCUT2D eigenvalue weighted by atomic mass is 32.1. The summed E-state index contributed by atoms with van der Waals surface area (Å²) in [5.74, 6) is 0.812. The number of nitrogens with zero attached hydrogens (tertiary/aromatic N) is 3. The van der Waals surface area contributed by atoms with E-state index in [-0.39, 0.29) is 24.3 Å². The van der Waals surface area contributed by atoms with Gasteiger partial charge < -0.3 is 15.5 Å². The summed E-state index contributed by atoms with van der Waals surface area (Å²) in [6.07, 6.45) is 2.34. The van der Waals surface area contributed by atoms with Crippen LogP contribution in [-0.4, -0.2) is 34.9 Å². The molecule has 1 aliphatic rings. The molecule has 3 aromatic rings. The second-order valence-corrected chi connectivity index (χ2v) is 8.08. The van der Waals surface area contributed by atoms with Gasteiger partial charge in [-0.05, 0) is 36.4 Å². The molecule has 0 aliphatic carbocycles. The van der Waals surface area contributed by atoms with Crippen LogP contribution in [0.5, 0.6) is 0 Å². The summed E-state index contributed by atoms with van der Waals surface area (Å²) in [6.45, 7) is 3.26. The summed E-state index contributed by atoms with van der Waals surface area (Å²) in [7, 11) is 0. The minimum Gasteiger partial charge on any atom is -0.354 e. The monoisotopic (exact) mass is 409 g/mol. The van der Waals surface area contributed by atoms with Crippen molar-refractivity contribution in [1.82, 2.24) is 15.3 Å². The molecule has 3 heterocycles. The Morgan fingerprint density at radius 3 is 2.48 bits per heavy atom. The molecular formula is C21H23N5O2S. The van der Waals surface area contributed by atoms with Crippen LogP contribution in [0.3, 0.4) is 0 Å². The molecule has 1 fully saturated rings. The molecule has 2 aromatic heterocycles. The smallest absolute Gasteiger partial charge is 0.228 e. The number of thiophene rings is 1. The summed E-state index contributed by atoms with van der Waals surface area (Å²) in [5.41, 5.74) is 1.55. The van der Waals surface area contributed by atoms with Gasteiger partial charge in [-0.15, -0.1) is 11.3 Å². The standard InChI is InChI=1S/C21H23N5O2S/c1-14(27)22-17(18-9-6-12-29-18)13-19(28)25-20-21(26-10-4-5-11-26)24-16-8-3-2-7-15(16)23-20/h2-3,6-9,12,17H,4-5,10-11,13H2,1H3,(H,22,27)(H,23,25,28). The number of para-hydroxylation sites is 2. The van der Waals surface area contributed by atoms with Crippen LogP contribution < -0.4 is 15.5 Å². The van der Waals surface area contributed by atoms with Gasteiger partial charge in [0, 0.05) is 24.9 Å². The van der Waals surface area contributed by atoms with Crippen molar-refractivity contribution in [2.24, 2.45) is 0 Å². The van der Waals surface area contributed by atoms with E-state index >= 15 is 0 Å². The van der Waals surface area contributed by atoms with Crippen LogP contribution in [-0.2, 0) is 9.59 Å². The molecule has 0 spiro atoms. The molecule has 29 heavy (non-hydrogen) atoms. The number of hydrogen-bond acceptors (Lipinski definition) is 6. The molecule has 7 nitrogen and oxygen atoms in total. The third-order valence-corrected chi connectivity index (χ3v) is 5.86. The third-order valence-electron chi connectivity index (χ3n) is 4.87. The van der Waals surface area contributed by atoms with Gasteiger partial charge in [0.15, 0.2) is 11.6 Å². The number of hydrogen-bond donors (Lipinski definition) is 2. The van der Waals surface area contributed by atoms with Gasteiger partial charge in [-0.1, -0.05) is 18.2 Å². The lowest BCUT2D eigenvalue weighted by molar-refractivity contribution is -0.120. The van der Waals surface area contributed by atoms with Crippen LogP contribution in [0.2, 0.25) is 0 Å². The molecular weight excluding hydrogens is 386 g/mol. The van der Waals surface area contributed by atoms with E-state index in [9.17, 15) is 9.59 Å². The van der Waals surface area contributed by atoms with Crippen molar-refractivity contribution >= 4 is 45.8 Å². The molecule has 0 bridgehead atoms.